The number of nitrogens with zero attached hydrogens (tertiary/aromatic N) is 3. The van der Waals surface area contributed by atoms with Gasteiger partial charge in [0, 0.05) is 42.4 Å². The van der Waals surface area contributed by atoms with Gasteiger partial charge in [-0.3, -0.25) is 9.97 Å². The van der Waals surface area contributed by atoms with E-state index in [2.05, 4.69) is 33.9 Å². The van der Waals surface area contributed by atoms with Crippen LogP contribution in [-0.4, -0.2) is 34.0 Å². The molecule has 0 saturated carbocycles. The second kappa shape index (κ2) is 6.13. The van der Waals surface area contributed by atoms with E-state index in [-0.39, 0.29) is 0 Å². The fraction of sp³-hybridized carbons (Fsp3) is 0.368. The summed E-state index contributed by atoms with van der Waals surface area (Å²) in [6.07, 6.45) is 8.81. The van der Waals surface area contributed by atoms with E-state index in [1.165, 1.54) is 19.4 Å². The summed E-state index contributed by atoms with van der Waals surface area (Å²) < 4.78 is 6.05. The van der Waals surface area contributed by atoms with E-state index < -0.39 is 0 Å². The van der Waals surface area contributed by atoms with Gasteiger partial charge in [-0.05, 0) is 38.4 Å². The van der Waals surface area contributed by atoms with Crippen LogP contribution in [0.3, 0.4) is 0 Å². The van der Waals surface area contributed by atoms with Crippen LogP contribution in [-0.2, 0) is 6.42 Å². The molecule has 0 unspecified atom stereocenters. The predicted molar refractivity (Wildman–Crippen MR) is 91.2 cm³/mol. The van der Waals surface area contributed by atoms with Crippen molar-refractivity contribution in [2.75, 3.05) is 13.1 Å². The Balaban J connectivity index is 1.60. The highest BCUT2D eigenvalue weighted by Gasteiger charge is 2.20. The Morgan fingerprint density at radius 3 is 3.04 bits per heavy atom. The number of fused-ring (bicyclic) bond motifs is 1. The fourth-order valence-electron chi connectivity index (χ4n) is 3.48. The maximum Gasteiger partial charge on any atom is 0.134 e. The van der Waals surface area contributed by atoms with Gasteiger partial charge in [0.2, 0.25) is 0 Å². The minimum Gasteiger partial charge on any atom is -0.461 e. The van der Waals surface area contributed by atoms with Crippen molar-refractivity contribution in [1.82, 2.24) is 14.9 Å². The van der Waals surface area contributed by atoms with Gasteiger partial charge in [-0.2, -0.15) is 0 Å². The Labute approximate surface area is 136 Å². The summed E-state index contributed by atoms with van der Waals surface area (Å²) >= 11 is 0. The van der Waals surface area contributed by atoms with Gasteiger partial charge in [0.25, 0.3) is 0 Å². The van der Waals surface area contributed by atoms with Gasteiger partial charge in [0.15, 0.2) is 0 Å². The third kappa shape index (κ3) is 2.86. The second-order valence-corrected chi connectivity index (χ2v) is 6.30. The Bertz CT molecular complexity index is 797. The maximum absolute atomic E-state index is 6.05. The first-order valence-electron chi connectivity index (χ1n) is 8.33. The van der Waals surface area contributed by atoms with Gasteiger partial charge in [-0.25, -0.2) is 0 Å². The van der Waals surface area contributed by atoms with E-state index in [1.54, 1.807) is 18.6 Å². The van der Waals surface area contributed by atoms with Crippen molar-refractivity contribution in [3.05, 3.63) is 48.6 Å². The largest absolute Gasteiger partial charge is 0.461 e. The van der Waals surface area contributed by atoms with E-state index in [4.69, 9.17) is 4.42 Å². The maximum atomic E-state index is 6.05. The van der Waals surface area contributed by atoms with Crippen LogP contribution in [0, 0.1) is 0 Å². The molecular weight excluding hydrogens is 286 g/mol. The third-order valence-corrected chi connectivity index (χ3v) is 4.79. The van der Waals surface area contributed by atoms with Crippen molar-refractivity contribution in [1.29, 1.82) is 0 Å². The molecule has 4 heteroatoms. The van der Waals surface area contributed by atoms with Crippen molar-refractivity contribution in [2.24, 2.45) is 0 Å². The molecule has 0 spiro atoms. The summed E-state index contributed by atoms with van der Waals surface area (Å²) in [5.74, 6) is 1.05. The molecule has 3 aromatic rings. The van der Waals surface area contributed by atoms with Crippen LogP contribution in [0.5, 0.6) is 0 Å². The van der Waals surface area contributed by atoms with Crippen molar-refractivity contribution >= 4 is 11.0 Å². The molecule has 4 nitrogen and oxygen atoms in total. The number of hydrogen-bond acceptors (Lipinski definition) is 4. The number of likely N-dealkylation sites (tertiary alicyclic amines) is 1. The molecule has 1 atom stereocenters. The average molecular weight is 307 g/mol. The van der Waals surface area contributed by atoms with Gasteiger partial charge in [-0.1, -0.05) is 12.1 Å². The first kappa shape index (κ1) is 14.4. The van der Waals surface area contributed by atoms with Gasteiger partial charge in [0.05, 0.1) is 11.9 Å². The topological polar surface area (TPSA) is 42.2 Å². The van der Waals surface area contributed by atoms with Crippen molar-refractivity contribution in [3.63, 3.8) is 0 Å². The highest BCUT2D eigenvalue weighted by molar-refractivity contribution is 5.93. The summed E-state index contributed by atoms with van der Waals surface area (Å²) in [4.78, 5) is 11.1. The van der Waals surface area contributed by atoms with Gasteiger partial charge in [-0.15, -0.1) is 0 Å². The van der Waals surface area contributed by atoms with Gasteiger partial charge in [0.1, 0.15) is 11.3 Å². The number of hydrogen-bond donors (Lipinski definition) is 0. The molecule has 118 valence electrons. The molecule has 0 aliphatic carbocycles. The summed E-state index contributed by atoms with van der Waals surface area (Å²) in [6, 6.07) is 8.99. The van der Waals surface area contributed by atoms with Crippen molar-refractivity contribution in [2.45, 2.75) is 32.2 Å². The molecule has 4 rings (SSSR count). The zero-order valence-corrected chi connectivity index (χ0v) is 13.4. The van der Waals surface area contributed by atoms with Crippen LogP contribution in [0.4, 0.5) is 0 Å². The molecule has 3 heterocycles. The third-order valence-electron chi connectivity index (χ3n) is 4.79. The first-order chi connectivity index (χ1) is 11.3. The first-order valence-corrected chi connectivity index (χ1v) is 8.33. The van der Waals surface area contributed by atoms with E-state index in [0.717, 1.165) is 41.0 Å². The summed E-state index contributed by atoms with van der Waals surface area (Å²) in [5.41, 5.74) is 2.90. The van der Waals surface area contributed by atoms with Crippen LogP contribution in [0.25, 0.3) is 22.2 Å². The van der Waals surface area contributed by atoms with Crippen LogP contribution in [0.2, 0.25) is 0 Å². The summed E-state index contributed by atoms with van der Waals surface area (Å²) in [7, 11) is 0. The predicted octanol–water partition coefficient (Wildman–Crippen LogP) is 3.92. The van der Waals surface area contributed by atoms with Crippen LogP contribution in [0.15, 0.2) is 47.3 Å². The SMILES string of the molecule is C[C@@H]1CCCN1CCc1cc2c(-c3cnccn3)cccc2o1. The van der Waals surface area contributed by atoms with Crippen molar-refractivity contribution < 1.29 is 4.42 Å². The van der Waals surface area contributed by atoms with E-state index in [1.807, 2.05) is 12.1 Å². The van der Waals surface area contributed by atoms with Gasteiger partial charge < -0.3 is 9.32 Å². The van der Waals surface area contributed by atoms with Crippen LogP contribution < -0.4 is 0 Å². The normalized spacial score (nSPS) is 18.7. The lowest BCUT2D eigenvalue weighted by molar-refractivity contribution is 0.266. The van der Waals surface area contributed by atoms with E-state index in [0.29, 0.717) is 6.04 Å². The Hall–Kier alpha value is -2.20. The molecule has 0 amide bonds. The Kier molecular flexibility index (Phi) is 3.83. The molecule has 1 saturated heterocycles. The number of rotatable bonds is 4. The molecular formula is C19H21N3O. The lowest BCUT2D eigenvalue weighted by atomic mass is 10.1. The van der Waals surface area contributed by atoms with E-state index >= 15 is 0 Å². The molecule has 23 heavy (non-hydrogen) atoms. The molecule has 1 aliphatic rings. The zero-order chi connectivity index (χ0) is 15.6. The van der Waals surface area contributed by atoms with Crippen LogP contribution >= 0.6 is 0 Å². The summed E-state index contributed by atoms with van der Waals surface area (Å²) in [6.45, 7) is 4.60. The highest BCUT2D eigenvalue weighted by Crippen LogP contribution is 2.30. The fourth-order valence-corrected chi connectivity index (χ4v) is 3.48. The molecule has 0 bridgehead atoms. The highest BCUT2D eigenvalue weighted by atomic mass is 16.3. The molecule has 1 fully saturated rings. The smallest absolute Gasteiger partial charge is 0.134 e. The Morgan fingerprint density at radius 1 is 1.30 bits per heavy atom. The Morgan fingerprint density at radius 2 is 2.26 bits per heavy atom. The summed E-state index contributed by atoms with van der Waals surface area (Å²) in [5, 5.41) is 1.12. The van der Waals surface area contributed by atoms with Gasteiger partial charge >= 0.3 is 0 Å². The quantitative estimate of drug-likeness (QED) is 0.732. The lowest BCUT2D eigenvalue weighted by Gasteiger charge is -2.19. The lowest BCUT2D eigenvalue weighted by Crippen LogP contribution is -2.28. The number of benzene rings is 1. The molecule has 0 N–H and O–H groups in total. The molecule has 2 aromatic heterocycles. The minimum atomic E-state index is 0.703. The van der Waals surface area contributed by atoms with Crippen LogP contribution in [0.1, 0.15) is 25.5 Å². The number of furan rings is 1. The minimum absolute atomic E-state index is 0.703. The zero-order valence-electron chi connectivity index (χ0n) is 13.4. The second-order valence-electron chi connectivity index (χ2n) is 6.30. The molecule has 1 aromatic carbocycles. The standard InChI is InChI=1S/C19H21N3O/c1-14-4-3-10-22(14)11-7-15-12-17-16(5-2-6-19(17)23-15)18-13-20-8-9-21-18/h2,5-6,8-9,12-14H,3-4,7,10-11H2,1H3/t14-/m1/s1. The van der Waals surface area contributed by atoms with Crippen molar-refractivity contribution in [3.8, 4) is 11.3 Å². The number of aromatic nitrogens is 2. The average Bonchev–Trinajstić information content (AvgIpc) is 3.19. The van der Waals surface area contributed by atoms with E-state index in [9.17, 15) is 0 Å². The molecule has 0 radical (unpaired) electrons. The molecule has 1 aliphatic heterocycles. The monoisotopic (exact) mass is 307 g/mol.